The van der Waals surface area contributed by atoms with E-state index in [4.69, 9.17) is 4.74 Å². The zero-order valence-electron chi connectivity index (χ0n) is 13.4. The third-order valence-electron chi connectivity index (χ3n) is 3.57. The van der Waals surface area contributed by atoms with Crippen LogP contribution in [0.4, 0.5) is 0 Å². The number of nitrogens with one attached hydrogen (secondary N) is 1. The molecule has 24 heavy (non-hydrogen) atoms. The molecular formula is C19H16N2O3. The fourth-order valence-electron chi connectivity index (χ4n) is 2.39. The van der Waals surface area contributed by atoms with Gasteiger partial charge in [0.1, 0.15) is 5.82 Å². The van der Waals surface area contributed by atoms with Gasteiger partial charge in [0.2, 0.25) is 0 Å². The van der Waals surface area contributed by atoms with Gasteiger partial charge >= 0.3 is 5.97 Å². The quantitative estimate of drug-likeness (QED) is 0.588. The number of nitrogens with zero attached hydrogens (tertiary/aromatic N) is 1. The van der Waals surface area contributed by atoms with Crippen LogP contribution in [0.5, 0.6) is 0 Å². The zero-order chi connectivity index (χ0) is 17.1. The first-order valence-electron chi connectivity index (χ1n) is 7.44. The summed E-state index contributed by atoms with van der Waals surface area (Å²) < 4.78 is 4.73. The van der Waals surface area contributed by atoms with Gasteiger partial charge in [-0.2, -0.15) is 0 Å². The van der Waals surface area contributed by atoms with Crippen molar-refractivity contribution in [1.82, 2.24) is 9.97 Å². The van der Waals surface area contributed by atoms with Crippen LogP contribution in [-0.4, -0.2) is 28.8 Å². The van der Waals surface area contributed by atoms with E-state index in [-0.39, 0.29) is 11.8 Å². The van der Waals surface area contributed by atoms with Crippen molar-refractivity contribution in [3.63, 3.8) is 0 Å². The number of H-pyrrole nitrogens is 1. The molecule has 0 bridgehead atoms. The number of carbonyl (C=O) groups is 2. The summed E-state index contributed by atoms with van der Waals surface area (Å²) in [4.78, 5) is 30.4. The first-order chi connectivity index (χ1) is 11.6. The molecule has 120 valence electrons. The highest BCUT2D eigenvalue weighted by Crippen LogP contribution is 2.23. The van der Waals surface area contributed by atoms with Gasteiger partial charge in [0.25, 0.3) is 0 Å². The van der Waals surface area contributed by atoms with Crippen LogP contribution in [0.25, 0.3) is 28.5 Å². The maximum Gasteiger partial charge on any atom is 0.337 e. The molecule has 3 rings (SSSR count). The van der Waals surface area contributed by atoms with Crippen molar-refractivity contribution >= 4 is 28.9 Å². The van der Waals surface area contributed by atoms with E-state index in [1.54, 1.807) is 24.3 Å². The van der Waals surface area contributed by atoms with Gasteiger partial charge in [-0.05, 0) is 42.8 Å². The number of hydrogen-bond acceptors (Lipinski definition) is 4. The SMILES string of the molecule is COC(=O)c1ccc2nc(-c3cccc(/C=C/C(C)=O)c3)[nH]c2c1. The summed E-state index contributed by atoms with van der Waals surface area (Å²) in [5, 5.41) is 0. The Hall–Kier alpha value is -3.21. The molecule has 0 spiro atoms. The van der Waals surface area contributed by atoms with Crippen molar-refractivity contribution < 1.29 is 14.3 Å². The van der Waals surface area contributed by atoms with Gasteiger partial charge in [-0.15, -0.1) is 0 Å². The van der Waals surface area contributed by atoms with Crippen LogP contribution in [0.1, 0.15) is 22.8 Å². The van der Waals surface area contributed by atoms with Crippen molar-refractivity contribution in [2.75, 3.05) is 7.11 Å². The second-order valence-corrected chi connectivity index (χ2v) is 5.38. The number of benzene rings is 2. The predicted molar refractivity (Wildman–Crippen MR) is 92.6 cm³/mol. The van der Waals surface area contributed by atoms with Gasteiger partial charge in [0, 0.05) is 5.56 Å². The highest BCUT2D eigenvalue weighted by Gasteiger charge is 2.10. The number of allylic oxidation sites excluding steroid dienone is 1. The second kappa shape index (κ2) is 6.50. The van der Waals surface area contributed by atoms with Crippen LogP contribution in [-0.2, 0) is 9.53 Å². The topological polar surface area (TPSA) is 72.0 Å². The summed E-state index contributed by atoms with van der Waals surface area (Å²) in [7, 11) is 1.35. The Labute approximate surface area is 139 Å². The van der Waals surface area contributed by atoms with Crippen molar-refractivity contribution in [3.05, 3.63) is 59.7 Å². The van der Waals surface area contributed by atoms with Crippen LogP contribution in [0.3, 0.4) is 0 Å². The highest BCUT2D eigenvalue weighted by atomic mass is 16.5. The minimum absolute atomic E-state index is 0.000482. The Bertz CT molecular complexity index is 954. The van der Waals surface area contributed by atoms with E-state index < -0.39 is 0 Å². The first kappa shape index (κ1) is 15.7. The van der Waals surface area contributed by atoms with E-state index in [9.17, 15) is 9.59 Å². The minimum Gasteiger partial charge on any atom is -0.465 e. The van der Waals surface area contributed by atoms with Crippen LogP contribution in [0, 0.1) is 0 Å². The smallest absolute Gasteiger partial charge is 0.337 e. The molecule has 0 saturated carbocycles. The molecule has 0 radical (unpaired) electrons. The van der Waals surface area contributed by atoms with Crippen LogP contribution in [0.15, 0.2) is 48.5 Å². The number of aromatic amines is 1. The molecule has 1 N–H and O–H groups in total. The van der Waals surface area contributed by atoms with E-state index in [0.29, 0.717) is 11.4 Å². The van der Waals surface area contributed by atoms with E-state index in [0.717, 1.165) is 22.2 Å². The summed E-state index contributed by atoms with van der Waals surface area (Å²) in [6.45, 7) is 1.51. The molecule has 0 aliphatic rings. The number of aromatic nitrogens is 2. The Kier molecular flexibility index (Phi) is 4.24. The molecule has 0 unspecified atom stereocenters. The molecule has 5 nitrogen and oxygen atoms in total. The lowest BCUT2D eigenvalue weighted by atomic mass is 10.1. The third kappa shape index (κ3) is 3.25. The minimum atomic E-state index is -0.385. The van der Waals surface area contributed by atoms with Gasteiger partial charge in [-0.25, -0.2) is 9.78 Å². The van der Waals surface area contributed by atoms with Crippen LogP contribution >= 0.6 is 0 Å². The number of carbonyl (C=O) groups excluding carboxylic acids is 2. The number of rotatable bonds is 4. The number of hydrogen-bond donors (Lipinski definition) is 1. The lowest BCUT2D eigenvalue weighted by molar-refractivity contribution is -0.112. The average Bonchev–Trinajstić information content (AvgIpc) is 3.02. The number of esters is 1. The van der Waals surface area contributed by atoms with Crippen molar-refractivity contribution in [2.24, 2.45) is 0 Å². The predicted octanol–water partition coefficient (Wildman–Crippen LogP) is 3.62. The highest BCUT2D eigenvalue weighted by molar-refractivity contribution is 5.94. The Balaban J connectivity index is 1.99. The largest absolute Gasteiger partial charge is 0.465 e. The number of ketones is 1. The van der Waals surface area contributed by atoms with Crippen molar-refractivity contribution in [3.8, 4) is 11.4 Å². The number of imidazole rings is 1. The van der Waals surface area contributed by atoms with E-state index in [1.807, 2.05) is 24.3 Å². The summed E-state index contributed by atoms with van der Waals surface area (Å²) in [6, 6.07) is 12.9. The Morgan fingerprint density at radius 1 is 1.17 bits per heavy atom. The van der Waals surface area contributed by atoms with Crippen LogP contribution in [0.2, 0.25) is 0 Å². The second-order valence-electron chi connectivity index (χ2n) is 5.38. The van der Waals surface area contributed by atoms with Gasteiger partial charge in [0.15, 0.2) is 5.78 Å². The summed E-state index contributed by atoms with van der Waals surface area (Å²) >= 11 is 0. The van der Waals surface area contributed by atoms with Crippen molar-refractivity contribution in [2.45, 2.75) is 6.92 Å². The van der Waals surface area contributed by atoms with Gasteiger partial charge in [0.05, 0.1) is 23.7 Å². The standard InChI is InChI=1S/C19H16N2O3/c1-12(22)6-7-13-4-3-5-14(10-13)18-20-16-9-8-15(19(23)24-2)11-17(16)21-18/h3-11H,1-2H3,(H,20,21)/b7-6+. The molecule has 0 atom stereocenters. The number of fused-ring (bicyclic) bond motifs is 1. The molecule has 0 saturated heterocycles. The van der Waals surface area contributed by atoms with Gasteiger partial charge in [-0.3, -0.25) is 4.79 Å². The first-order valence-corrected chi connectivity index (χ1v) is 7.44. The zero-order valence-corrected chi connectivity index (χ0v) is 13.4. The monoisotopic (exact) mass is 320 g/mol. The maximum absolute atomic E-state index is 11.6. The third-order valence-corrected chi connectivity index (χ3v) is 3.57. The maximum atomic E-state index is 11.6. The number of ether oxygens (including phenoxy) is 1. The average molecular weight is 320 g/mol. The molecule has 1 heterocycles. The molecule has 0 amide bonds. The Morgan fingerprint density at radius 3 is 2.75 bits per heavy atom. The summed E-state index contributed by atoms with van der Waals surface area (Å²) in [5.41, 5.74) is 3.81. The molecule has 1 aromatic heterocycles. The molecule has 0 aliphatic heterocycles. The van der Waals surface area contributed by atoms with Crippen molar-refractivity contribution in [1.29, 1.82) is 0 Å². The van der Waals surface area contributed by atoms with E-state index in [1.165, 1.54) is 20.1 Å². The van der Waals surface area contributed by atoms with Gasteiger partial charge in [-0.1, -0.05) is 24.3 Å². The fourth-order valence-corrected chi connectivity index (χ4v) is 2.39. The molecule has 0 fully saturated rings. The summed E-state index contributed by atoms with van der Waals surface area (Å²) in [6.07, 6.45) is 3.30. The normalized spacial score (nSPS) is 11.1. The van der Waals surface area contributed by atoms with Crippen LogP contribution < -0.4 is 0 Å². The van der Waals surface area contributed by atoms with Gasteiger partial charge < -0.3 is 9.72 Å². The lowest BCUT2D eigenvalue weighted by Crippen LogP contribution is -2.00. The van der Waals surface area contributed by atoms with E-state index >= 15 is 0 Å². The lowest BCUT2D eigenvalue weighted by Gasteiger charge is -1.99. The fraction of sp³-hybridized carbons (Fsp3) is 0.105. The number of methoxy groups -OCH3 is 1. The molecular weight excluding hydrogens is 304 g/mol. The Morgan fingerprint density at radius 2 is 2.00 bits per heavy atom. The molecule has 2 aromatic carbocycles. The molecule has 0 aliphatic carbocycles. The van der Waals surface area contributed by atoms with E-state index in [2.05, 4.69) is 9.97 Å². The summed E-state index contributed by atoms with van der Waals surface area (Å²) in [5.74, 6) is 0.314. The molecule has 3 aromatic rings. The molecule has 5 heteroatoms.